The lowest BCUT2D eigenvalue weighted by Gasteiger charge is -2.37. The minimum absolute atomic E-state index is 0.0626. The second-order valence-electron chi connectivity index (χ2n) is 4.98. The molecule has 1 N–H and O–H groups in total. The van der Waals surface area contributed by atoms with Crippen molar-refractivity contribution in [2.45, 2.75) is 13.0 Å². The maximum Gasteiger partial charge on any atom is 0.338 e. The third-order valence-corrected chi connectivity index (χ3v) is 4.73. The van der Waals surface area contributed by atoms with Crippen molar-refractivity contribution in [3.8, 4) is 0 Å². The largest absolute Gasteiger partial charge is 0.478 e. The lowest BCUT2D eigenvalue weighted by atomic mass is 10.2. The normalized spacial score (nSPS) is 20.5. The van der Waals surface area contributed by atoms with Gasteiger partial charge >= 0.3 is 5.97 Å². The Labute approximate surface area is 122 Å². The lowest BCUT2D eigenvalue weighted by molar-refractivity contribution is 0.0611. The Morgan fingerprint density at radius 2 is 2.05 bits per heavy atom. The second-order valence-corrected chi connectivity index (χ2v) is 6.91. The monoisotopic (exact) mass is 316 g/mol. The second kappa shape index (κ2) is 5.49. The van der Waals surface area contributed by atoms with Crippen LogP contribution in [-0.2, 0) is 10.0 Å². The lowest BCUT2D eigenvalue weighted by Crippen LogP contribution is -2.55. The number of carbonyl (C=O) groups is 2. The standard InChI is InChI=1S/C12H16N2O6S/c1-8-6-13(3-4-14(8)21(2,18)19)11(15)10-5-9(7-20-10)12(16)17/h5,7-8H,3-4,6H2,1-2H3,(H,16,17)/t8-/m0/s1. The Morgan fingerprint density at radius 1 is 1.38 bits per heavy atom. The molecule has 0 aromatic carbocycles. The number of piperazine rings is 1. The van der Waals surface area contributed by atoms with Gasteiger partial charge in [0.15, 0.2) is 5.76 Å². The van der Waals surface area contributed by atoms with Crippen LogP contribution in [0.4, 0.5) is 0 Å². The quantitative estimate of drug-likeness (QED) is 0.846. The van der Waals surface area contributed by atoms with Crippen molar-refractivity contribution in [2.24, 2.45) is 0 Å². The summed E-state index contributed by atoms with van der Waals surface area (Å²) in [5.74, 6) is -1.68. The van der Waals surface area contributed by atoms with Gasteiger partial charge in [0.25, 0.3) is 5.91 Å². The first-order valence-corrected chi connectivity index (χ1v) is 8.13. The number of hydrogen-bond acceptors (Lipinski definition) is 5. The first-order chi connectivity index (χ1) is 9.70. The molecule has 1 fully saturated rings. The van der Waals surface area contributed by atoms with Crippen molar-refractivity contribution >= 4 is 21.9 Å². The van der Waals surface area contributed by atoms with Gasteiger partial charge in [-0.25, -0.2) is 13.2 Å². The van der Waals surface area contributed by atoms with Crippen molar-refractivity contribution < 1.29 is 27.5 Å². The van der Waals surface area contributed by atoms with E-state index in [0.29, 0.717) is 0 Å². The number of rotatable bonds is 3. The summed E-state index contributed by atoms with van der Waals surface area (Å²) in [4.78, 5) is 24.4. The zero-order valence-corrected chi connectivity index (χ0v) is 12.5. The van der Waals surface area contributed by atoms with Gasteiger partial charge in [-0.1, -0.05) is 0 Å². The van der Waals surface area contributed by atoms with E-state index in [-0.39, 0.29) is 37.0 Å². The highest BCUT2D eigenvalue weighted by atomic mass is 32.2. The molecule has 0 radical (unpaired) electrons. The molecule has 0 unspecified atom stereocenters. The molecule has 0 bridgehead atoms. The molecular weight excluding hydrogens is 300 g/mol. The molecule has 1 aromatic rings. The van der Waals surface area contributed by atoms with E-state index in [4.69, 9.17) is 9.52 Å². The Balaban J connectivity index is 2.10. The molecule has 2 rings (SSSR count). The summed E-state index contributed by atoms with van der Waals surface area (Å²) in [6, 6.07) is 0.824. The highest BCUT2D eigenvalue weighted by Gasteiger charge is 2.33. The summed E-state index contributed by atoms with van der Waals surface area (Å²) in [5.41, 5.74) is -0.0961. The molecule has 1 atom stereocenters. The summed E-state index contributed by atoms with van der Waals surface area (Å²) in [6.45, 7) is 2.39. The van der Waals surface area contributed by atoms with Gasteiger partial charge in [0.05, 0.1) is 11.8 Å². The van der Waals surface area contributed by atoms with Crippen LogP contribution >= 0.6 is 0 Å². The summed E-state index contributed by atoms with van der Waals surface area (Å²) in [5, 5.41) is 8.80. The number of nitrogens with zero attached hydrogens (tertiary/aromatic N) is 2. The van der Waals surface area contributed by atoms with E-state index >= 15 is 0 Å². The van der Waals surface area contributed by atoms with E-state index in [2.05, 4.69) is 0 Å². The van der Waals surface area contributed by atoms with E-state index in [1.54, 1.807) is 6.92 Å². The van der Waals surface area contributed by atoms with Gasteiger partial charge in [-0.05, 0) is 6.92 Å². The van der Waals surface area contributed by atoms with Gasteiger partial charge in [-0.3, -0.25) is 4.79 Å². The molecule has 1 saturated heterocycles. The van der Waals surface area contributed by atoms with E-state index in [1.165, 1.54) is 9.21 Å². The van der Waals surface area contributed by atoms with Crippen molar-refractivity contribution in [1.82, 2.24) is 9.21 Å². The van der Waals surface area contributed by atoms with Crippen molar-refractivity contribution in [1.29, 1.82) is 0 Å². The highest BCUT2D eigenvalue weighted by Crippen LogP contribution is 2.17. The van der Waals surface area contributed by atoms with Crippen LogP contribution in [-0.4, -0.2) is 66.5 Å². The fourth-order valence-electron chi connectivity index (χ4n) is 2.33. The molecular formula is C12H16N2O6S. The molecule has 0 spiro atoms. The molecule has 9 heteroatoms. The van der Waals surface area contributed by atoms with Crippen LogP contribution < -0.4 is 0 Å². The highest BCUT2D eigenvalue weighted by molar-refractivity contribution is 7.88. The van der Waals surface area contributed by atoms with E-state index in [9.17, 15) is 18.0 Å². The first kappa shape index (κ1) is 15.5. The number of furan rings is 1. The average Bonchev–Trinajstić information content (AvgIpc) is 2.85. The molecule has 0 aliphatic carbocycles. The van der Waals surface area contributed by atoms with Gasteiger partial charge in [0, 0.05) is 31.7 Å². The van der Waals surface area contributed by atoms with Gasteiger partial charge in [0.1, 0.15) is 6.26 Å². The summed E-state index contributed by atoms with van der Waals surface area (Å²) >= 11 is 0. The summed E-state index contributed by atoms with van der Waals surface area (Å²) in [6.07, 6.45) is 2.14. The molecule has 21 heavy (non-hydrogen) atoms. The SMILES string of the molecule is C[C@H]1CN(C(=O)c2cc(C(=O)O)co2)CCN1S(C)(=O)=O. The van der Waals surface area contributed by atoms with Gasteiger partial charge < -0.3 is 14.4 Å². The summed E-state index contributed by atoms with van der Waals surface area (Å²) < 4.78 is 29.4. The maximum absolute atomic E-state index is 12.2. The fourth-order valence-corrected chi connectivity index (χ4v) is 3.47. The third-order valence-electron chi connectivity index (χ3n) is 3.34. The number of carboxylic acid groups (broad SMARTS) is 1. The van der Waals surface area contributed by atoms with Crippen molar-refractivity contribution in [3.63, 3.8) is 0 Å². The minimum Gasteiger partial charge on any atom is -0.478 e. The predicted octanol–water partition coefficient (Wildman–Crippen LogP) is 0.0837. The van der Waals surface area contributed by atoms with Crippen LogP contribution in [0.3, 0.4) is 0 Å². The topological polar surface area (TPSA) is 108 Å². The van der Waals surface area contributed by atoms with E-state index in [1.807, 2.05) is 0 Å². The van der Waals surface area contributed by atoms with Crippen molar-refractivity contribution in [2.75, 3.05) is 25.9 Å². The van der Waals surface area contributed by atoms with Crippen LogP contribution in [0.5, 0.6) is 0 Å². The molecule has 1 aromatic heterocycles. The number of amides is 1. The number of aromatic carboxylic acids is 1. The van der Waals surface area contributed by atoms with E-state index in [0.717, 1.165) is 18.6 Å². The molecule has 116 valence electrons. The van der Waals surface area contributed by atoms with Gasteiger partial charge in [0.2, 0.25) is 10.0 Å². The zero-order chi connectivity index (χ0) is 15.8. The smallest absolute Gasteiger partial charge is 0.338 e. The zero-order valence-electron chi connectivity index (χ0n) is 11.6. The van der Waals surface area contributed by atoms with Crippen LogP contribution in [0, 0.1) is 0 Å². The third kappa shape index (κ3) is 3.24. The molecule has 1 amide bonds. The van der Waals surface area contributed by atoms with Gasteiger partial charge in [-0.15, -0.1) is 0 Å². The van der Waals surface area contributed by atoms with Crippen molar-refractivity contribution in [3.05, 3.63) is 23.7 Å². The fraction of sp³-hybridized carbons (Fsp3) is 0.500. The number of carbonyl (C=O) groups excluding carboxylic acids is 1. The Bertz CT molecular complexity index is 665. The maximum atomic E-state index is 12.2. The molecule has 1 aliphatic heterocycles. The van der Waals surface area contributed by atoms with E-state index < -0.39 is 21.9 Å². The minimum atomic E-state index is -3.30. The van der Waals surface area contributed by atoms with Crippen LogP contribution in [0.1, 0.15) is 27.8 Å². The molecule has 8 nitrogen and oxygen atoms in total. The molecule has 2 heterocycles. The average molecular weight is 316 g/mol. The Hall–Kier alpha value is -1.87. The van der Waals surface area contributed by atoms with Crippen LogP contribution in [0.2, 0.25) is 0 Å². The Kier molecular flexibility index (Phi) is 4.06. The van der Waals surface area contributed by atoms with Crippen LogP contribution in [0.25, 0.3) is 0 Å². The first-order valence-electron chi connectivity index (χ1n) is 6.28. The molecule has 0 saturated carbocycles. The molecule has 1 aliphatic rings. The number of carboxylic acids is 1. The van der Waals surface area contributed by atoms with Gasteiger partial charge in [-0.2, -0.15) is 4.31 Å². The van der Waals surface area contributed by atoms with Crippen LogP contribution in [0.15, 0.2) is 16.7 Å². The number of sulfonamides is 1. The Morgan fingerprint density at radius 3 is 2.52 bits per heavy atom. The predicted molar refractivity (Wildman–Crippen MR) is 72.6 cm³/mol. The number of hydrogen-bond donors (Lipinski definition) is 1. The summed E-state index contributed by atoms with van der Waals surface area (Å²) in [7, 11) is -3.30.